The van der Waals surface area contributed by atoms with Gasteiger partial charge in [0, 0.05) is 37.6 Å². The Labute approximate surface area is 212 Å². The van der Waals surface area contributed by atoms with Crippen LogP contribution in [0.1, 0.15) is 67.0 Å². The minimum atomic E-state index is -0.396. The third kappa shape index (κ3) is 4.81. The first-order valence-electron chi connectivity index (χ1n) is 13.0. The summed E-state index contributed by atoms with van der Waals surface area (Å²) >= 11 is 0. The number of alkyl carbamates (subject to hydrolysis) is 1. The van der Waals surface area contributed by atoms with Crippen molar-refractivity contribution < 1.29 is 19.1 Å². The quantitative estimate of drug-likeness (QED) is 0.652. The molecule has 0 aliphatic carbocycles. The zero-order valence-corrected chi connectivity index (χ0v) is 21.5. The van der Waals surface area contributed by atoms with Crippen LogP contribution < -0.4 is 5.32 Å². The van der Waals surface area contributed by atoms with Crippen LogP contribution in [-0.2, 0) is 22.4 Å². The number of amides is 2. The van der Waals surface area contributed by atoms with Crippen molar-refractivity contribution in [1.82, 2.24) is 24.7 Å². The Morgan fingerprint density at radius 3 is 2.47 bits per heavy atom. The number of hydrogen-bond acceptors (Lipinski definition) is 6. The van der Waals surface area contributed by atoms with Crippen molar-refractivity contribution >= 4 is 12.2 Å². The highest BCUT2D eigenvalue weighted by Crippen LogP contribution is 2.43. The summed E-state index contributed by atoms with van der Waals surface area (Å²) in [5.74, 6) is 1.05. The van der Waals surface area contributed by atoms with Gasteiger partial charge in [0.1, 0.15) is 5.82 Å². The maximum absolute atomic E-state index is 12.2. The highest BCUT2D eigenvalue weighted by Gasteiger charge is 2.42. The molecule has 2 fully saturated rings. The summed E-state index contributed by atoms with van der Waals surface area (Å²) in [4.78, 5) is 33.5. The van der Waals surface area contributed by atoms with E-state index >= 15 is 0 Å². The number of rotatable bonds is 6. The van der Waals surface area contributed by atoms with Gasteiger partial charge in [0.15, 0.2) is 0 Å². The number of carbonyl (C=O) groups excluding carboxylic acids is 2. The summed E-state index contributed by atoms with van der Waals surface area (Å²) in [6, 6.07) is 11.5. The van der Waals surface area contributed by atoms with Crippen LogP contribution in [0.3, 0.4) is 0 Å². The summed E-state index contributed by atoms with van der Waals surface area (Å²) in [6.45, 7) is 4.25. The van der Waals surface area contributed by atoms with E-state index in [9.17, 15) is 9.59 Å². The van der Waals surface area contributed by atoms with E-state index < -0.39 is 6.09 Å². The van der Waals surface area contributed by atoms with E-state index in [1.165, 1.54) is 32.8 Å². The van der Waals surface area contributed by atoms with Crippen LogP contribution in [-0.4, -0.2) is 70.9 Å². The van der Waals surface area contributed by atoms with Crippen LogP contribution in [0.25, 0.3) is 0 Å². The van der Waals surface area contributed by atoms with Gasteiger partial charge < -0.3 is 24.3 Å². The van der Waals surface area contributed by atoms with Crippen molar-refractivity contribution in [3.63, 3.8) is 0 Å². The number of fused-ring (bicyclic) bond motifs is 3. The van der Waals surface area contributed by atoms with Gasteiger partial charge in [-0.1, -0.05) is 30.3 Å². The third-order valence-corrected chi connectivity index (χ3v) is 8.24. The van der Waals surface area contributed by atoms with Crippen molar-refractivity contribution in [1.29, 1.82) is 0 Å². The number of nitrogens with zero attached hydrogens (tertiary/aromatic N) is 4. The summed E-state index contributed by atoms with van der Waals surface area (Å²) in [6.07, 6.45) is 5.51. The van der Waals surface area contributed by atoms with E-state index in [0.29, 0.717) is 31.2 Å². The van der Waals surface area contributed by atoms with Crippen molar-refractivity contribution in [2.45, 2.75) is 76.2 Å². The molecule has 5 rings (SSSR count). The van der Waals surface area contributed by atoms with Crippen LogP contribution in [0.15, 0.2) is 30.3 Å². The maximum Gasteiger partial charge on any atom is 0.409 e. The largest absolute Gasteiger partial charge is 0.453 e. The lowest BCUT2D eigenvalue weighted by Crippen LogP contribution is -2.45. The van der Waals surface area contributed by atoms with E-state index in [1.807, 2.05) is 18.2 Å². The van der Waals surface area contributed by atoms with Crippen molar-refractivity contribution in [2.24, 2.45) is 0 Å². The number of carbonyl (C=O) groups is 2. The molecule has 0 saturated carbocycles. The van der Waals surface area contributed by atoms with E-state index in [0.717, 1.165) is 49.3 Å². The lowest BCUT2D eigenvalue weighted by Gasteiger charge is -2.41. The molecule has 1 unspecified atom stereocenters. The fraction of sp³-hybridized carbons (Fsp3) is 0.593. The standard InChI is InChI=1S/C27H37N5O4/c1-18-28-24-11-13-30(27(34)36-3)17-25(24)32(18)22-15-20-9-10-21(16-22)31(20)14-12-23(29-26(33)35-2)19-7-5-4-6-8-19/h4-8,20-23H,9-17H2,1-3H3,(H,29,33)/t20-,21+,22?,23-/m0/s1. The van der Waals surface area contributed by atoms with Gasteiger partial charge in [-0.3, -0.25) is 4.90 Å². The SMILES string of the molecule is COC(=O)N[C@@H](CCN1[C@@H]2CC[C@H]1CC(n1c(C)nc3c1CN(C(=O)OC)CC3)C2)c1ccccc1. The fourth-order valence-electron chi connectivity index (χ4n) is 6.59. The summed E-state index contributed by atoms with van der Waals surface area (Å²) in [5.41, 5.74) is 3.40. The number of piperidine rings is 1. The molecule has 0 spiro atoms. The van der Waals surface area contributed by atoms with Gasteiger partial charge >= 0.3 is 12.2 Å². The van der Waals surface area contributed by atoms with Crippen molar-refractivity contribution in [3.8, 4) is 0 Å². The molecule has 3 aliphatic heterocycles. The second-order valence-corrected chi connectivity index (χ2v) is 10.2. The Bertz CT molecular complexity index is 1070. The molecule has 36 heavy (non-hydrogen) atoms. The number of aryl methyl sites for hydroxylation is 1. The number of nitrogens with one attached hydrogen (secondary N) is 1. The zero-order chi connectivity index (χ0) is 25.2. The van der Waals surface area contributed by atoms with E-state index in [4.69, 9.17) is 14.5 Å². The number of aromatic nitrogens is 2. The molecule has 194 valence electrons. The molecule has 2 amide bonds. The average Bonchev–Trinajstić information content (AvgIpc) is 3.36. The second-order valence-electron chi connectivity index (χ2n) is 10.2. The second kappa shape index (κ2) is 10.5. The lowest BCUT2D eigenvalue weighted by molar-refractivity contribution is 0.0956. The predicted molar refractivity (Wildman–Crippen MR) is 135 cm³/mol. The van der Waals surface area contributed by atoms with Crippen LogP contribution >= 0.6 is 0 Å². The number of methoxy groups -OCH3 is 2. The van der Waals surface area contributed by atoms with Gasteiger partial charge in [-0.15, -0.1) is 0 Å². The molecular formula is C27H37N5O4. The summed E-state index contributed by atoms with van der Waals surface area (Å²) in [5, 5.41) is 3.02. The maximum atomic E-state index is 12.2. The van der Waals surface area contributed by atoms with Gasteiger partial charge in [-0.05, 0) is 44.6 Å². The monoisotopic (exact) mass is 495 g/mol. The zero-order valence-electron chi connectivity index (χ0n) is 21.5. The molecule has 9 heteroatoms. The molecule has 0 radical (unpaired) electrons. The minimum absolute atomic E-state index is 0.0806. The first-order chi connectivity index (χ1) is 17.5. The summed E-state index contributed by atoms with van der Waals surface area (Å²) < 4.78 is 12.3. The molecular weight excluding hydrogens is 458 g/mol. The molecule has 4 atom stereocenters. The molecule has 9 nitrogen and oxygen atoms in total. The smallest absolute Gasteiger partial charge is 0.409 e. The van der Waals surface area contributed by atoms with Crippen LogP contribution in [0.2, 0.25) is 0 Å². The average molecular weight is 496 g/mol. The Kier molecular flexibility index (Phi) is 7.18. The van der Waals surface area contributed by atoms with E-state index in [1.54, 1.807) is 4.90 Å². The normalized spacial score (nSPS) is 24.2. The molecule has 1 aromatic carbocycles. The topological polar surface area (TPSA) is 88.9 Å². The molecule has 2 aromatic rings. The molecule has 2 bridgehead atoms. The van der Waals surface area contributed by atoms with Crippen molar-refractivity contribution in [2.75, 3.05) is 27.3 Å². The number of benzene rings is 1. The van der Waals surface area contributed by atoms with Gasteiger partial charge in [-0.2, -0.15) is 0 Å². The van der Waals surface area contributed by atoms with Crippen LogP contribution in [0.5, 0.6) is 0 Å². The molecule has 4 heterocycles. The van der Waals surface area contributed by atoms with Gasteiger partial charge in [0.25, 0.3) is 0 Å². The van der Waals surface area contributed by atoms with Crippen LogP contribution in [0.4, 0.5) is 9.59 Å². The highest BCUT2D eigenvalue weighted by molar-refractivity contribution is 5.68. The Balaban J connectivity index is 1.28. The highest BCUT2D eigenvalue weighted by atomic mass is 16.5. The first-order valence-corrected chi connectivity index (χ1v) is 13.0. The molecule has 3 aliphatic rings. The Morgan fingerprint density at radius 1 is 1.08 bits per heavy atom. The minimum Gasteiger partial charge on any atom is -0.453 e. The van der Waals surface area contributed by atoms with Gasteiger partial charge in [0.2, 0.25) is 0 Å². The lowest BCUT2D eigenvalue weighted by atomic mass is 9.95. The number of ether oxygens (including phenoxy) is 2. The van der Waals surface area contributed by atoms with Gasteiger partial charge in [0.05, 0.1) is 38.2 Å². The fourth-order valence-corrected chi connectivity index (χ4v) is 6.59. The third-order valence-electron chi connectivity index (χ3n) is 8.24. The molecule has 2 saturated heterocycles. The Hall–Kier alpha value is -3.07. The molecule has 1 aromatic heterocycles. The number of imidazole rings is 1. The summed E-state index contributed by atoms with van der Waals surface area (Å²) in [7, 11) is 2.85. The van der Waals surface area contributed by atoms with E-state index in [-0.39, 0.29) is 12.1 Å². The number of hydrogen-bond donors (Lipinski definition) is 1. The Morgan fingerprint density at radius 2 is 1.81 bits per heavy atom. The predicted octanol–water partition coefficient (Wildman–Crippen LogP) is 3.97. The van der Waals surface area contributed by atoms with Crippen molar-refractivity contribution in [3.05, 3.63) is 53.1 Å². The van der Waals surface area contributed by atoms with E-state index in [2.05, 4.69) is 33.8 Å². The molecule has 1 N–H and O–H groups in total. The first kappa shape index (κ1) is 24.6. The van der Waals surface area contributed by atoms with Crippen LogP contribution in [0, 0.1) is 6.92 Å². The van der Waals surface area contributed by atoms with Gasteiger partial charge in [-0.25, -0.2) is 14.6 Å².